The van der Waals surface area contributed by atoms with E-state index in [9.17, 15) is 14.0 Å². The quantitative estimate of drug-likeness (QED) is 0.829. The molecule has 3 rings (SSSR count). The van der Waals surface area contributed by atoms with Crippen LogP contribution >= 0.6 is 23.2 Å². The lowest BCUT2D eigenvalue weighted by Gasteiger charge is -2.18. The number of hydrogen-bond donors (Lipinski definition) is 1. The van der Waals surface area contributed by atoms with E-state index in [2.05, 4.69) is 5.32 Å². The Kier molecular flexibility index (Phi) is 4.30. The monoisotopic (exact) mass is 364 g/mol. The van der Waals surface area contributed by atoms with Crippen molar-refractivity contribution in [1.82, 2.24) is 0 Å². The van der Waals surface area contributed by atoms with Gasteiger partial charge in [0.2, 0.25) is 0 Å². The Morgan fingerprint density at radius 2 is 1.71 bits per heavy atom. The summed E-state index contributed by atoms with van der Waals surface area (Å²) in [6.07, 6.45) is 0. The molecule has 0 fully saturated rings. The molecule has 24 heavy (non-hydrogen) atoms. The van der Waals surface area contributed by atoms with Crippen molar-refractivity contribution in [2.45, 2.75) is 6.92 Å². The van der Waals surface area contributed by atoms with Gasteiger partial charge < -0.3 is 5.32 Å². The van der Waals surface area contributed by atoms with Gasteiger partial charge >= 0.3 is 0 Å². The van der Waals surface area contributed by atoms with Gasteiger partial charge in [-0.1, -0.05) is 41.4 Å². The highest BCUT2D eigenvalue weighted by atomic mass is 35.5. The van der Waals surface area contributed by atoms with Crippen molar-refractivity contribution in [3.05, 3.63) is 69.6 Å². The van der Waals surface area contributed by atoms with Crippen molar-refractivity contribution in [1.29, 1.82) is 0 Å². The van der Waals surface area contributed by atoms with Gasteiger partial charge in [-0.2, -0.15) is 0 Å². The second-order valence-corrected chi connectivity index (χ2v) is 5.91. The van der Waals surface area contributed by atoms with Gasteiger partial charge in [0, 0.05) is 5.02 Å². The van der Waals surface area contributed by atoms with Crippen LogP contribution < -0.4 is 10.2 Å². The normalized spacial score (nSPS) is 14.6. The van der Waals surface area contributed by atoms with Crippen molar-refractivity contribution in [2.75, 3.05) is 10.2 Å². The zero-order chi connectivity index (χ0) is 17.4. The van der Waals surface area contributed by atoms with Crippen LogP contribution in [0.2, 0.25) is 5.02 Å². The largest absolute Gasteiger partial charge is 0.347 e. The Morgan fingerprint density at radius 1 is 1.00 bits per heavy atom. The predicted molar refractivity (Wildman–Crippen MR) is 91.6 cm³/mol. The van der Waals surface area contributed by atoms with Crippen LogP contribution in [-0.2, 0) is 9.59 Å². The molecule has 2 aromatic carbocycles. The first-order chi connectivity index (χ1) is 11.4. The van der Waals surface area contributed by atoms with E-state index >= 15 is 0 Å². The van der Waals surface area contributed by atoms with Crippen molar-refractivity contribution in [3.8, 4) is 0 Å². The molecule has 0 unspecified atom stereocenters. The topological polar surface area (TPSA) is 49.4 Å². The smallest absolute Gasteiger partial charge is 0.283 e. The van der Waals surface area contributed by atoms with Crippen LogP contribution in [-0.4, -0.2) is 11.8 Å². The highest BCUT2D eigenvalue weighted by Gasteiger charge is 2.39. The van der Waals surface area contributed by atoms with Gasteiger partial charge in [0.25, 0.3) is 11.8 Å². The summed E-state index contributed by atoms with van der Waals surface area (Å²) in [5.41, 5.74) is 0.779. The van der Waals surface area contributed by atoms with E-state index < -0.39 is 17.6 Å². The molecule has 0 aromatic heterocycles. The average Bonchev–Trinajstić information content (AvgIpc) is 2.76. The summed E-state index contributed by atoms with van der Waals surface area (Å²) in [6.45, 7) is 1.69. The fourth-order valence-electron chi connectivity index (χ4n) is 2.37. The van der Waals surface area contributed by atoms with E-state index in [0.717, 1.165) is 4.90 Å². The standard InChI is InChI=1S/C17H11Cl2FN2O2/c1-9-10(18)5-4-8-13(9)22-16(23)14(19)15(17(22)24)21-12-7-3-2-6-11(12)20/h2-8,21H,1H3. The predicted octanol–water partition coefficient (Wildman–Crippen LogP) is 4.22. The number of benzene rings is 2. The van der Waals surface area contributed by atoms with Gasteiger partial charge in [0.1, 0.15) is 16.5 Å². The molecule has 122 valence electrons. The molecule has 1 N–H and O–H groups in total. The summed E-state index contributed by atoms with van der Waals surface area (Å²) < 4.78 is 13.8. The Morgan fingerprint density at radius 3 is 2.42 bits per heavy atom. The molecule has 0 spiro atoms. The third kappa shape index (κ3) is 2.66. The fourth-order valence-corrected chi connectivity index (χ4v) is 2.75. The SMILES string of the molecule is Cc1c(Cl)cccc1N1C(=O)C(Cl)=C(Nc2ccccc2F)C1=O. The number of halogens is 3. The van der Waals surface area contributed by atoms with Gasteiger partial charge in [-0.05, 0) is 36.8 Å². The van der Waals surface area contributed by atoms with Gasteiger partial charge in [-0.3, -0.25) is 9.59 Å². The molecule has 0 radical (unpaired) electrons. The van der Waals surface area contributed by atoms with Crippen LogP contribution in [0.25, 0.3) is 0 Å². The van der Waals surface area contributed by atoms with E-state index in [1.54, 1.807) is 31.2 Å². The first kappa shape index (κ1) is 16.5. The number of rotatable bonds is 3. The average molecular weight is 365 g/mol. The maximum atomic E-state index is 13.8. The lowest BCUT2D eigenvalue weighted by atomic mass is 10.2. The molecule has 4 nitrogen and oxygen atoms in total. The van der Waals surface area contributed by atoms with Crippen molar-refractivity contribution in [2.24, 2.45) is 0 Å². The molecule has 1 aliphatic heterocycles. The number of nitrogens with one attached hydrogen (secondary N) is 1. The van der Waals surface area contributed by atoms with E-state index in [-0.39, 0.29) is 16.4 Å². The number of hydrogen-bond acceptors (Lipinski definition) is 3. The molecular weight excluding hydrogens is 354 g/mol. The second kappa shape index (κ2) is 6.26. The molecule has 0 atom stereocenters. The number of anilines is 2. The minimum absolute atomic E-state index is 0.0523. The first-order valence-electron chi connectivity index (χ1n) is 6.97. The van der Waals surface area contributed by atoms with Crippen molar-refractivity contribution >= 4 is 46.4 Å². The van der Waals surface area contributed by atoms with Gasteiger partial charge in [-0.25, -0.2) is 9.29 Å². The molecule has 0 aliphatic carbocycles. The third-order valence-corrected chi connectivity index (χ3v) is 4.40. The van der Waals surface area contributed by atoms with E-state index in [1.807, 2.05) is 0 Å². The summed E-state index contributed by atoms with van der Waals surface area (Å²) in [6, 6.07) is 10.7. The highest BCUT2D eigenvalue weighted by Crippen LogP contribution is 2.34. The maximum absolute atomic E-state index is 13.8. The fraction of sp³-hybridized carbons (Fsp3) is 0.0588. The maximum Gasteiger partial charge on any atom is 0.283 e. The van der Waals surface area contributed by atoms with Crippen LogP contribution in [0.3, 0.4) is 0 Å². The molecule has 0 bridgehead atoms. The van der Waals surface area contributed by atoms with E-state index in [0.29, 0.717) is 16.3 Å². The minimum atomic E-state index is -0.689. The number of para-hydroxylation sites is 1. The lowest BCUT2D eigenvalue weighted by Crippen LogP contribution is -2.32. The zero-order valence-electron chi connectivity index (χ0n) is 12.4. The van der Waals surface area contributed by atoms with Crippen LogP contribution in [0.4, 0.5) is 15.8 Å². The number of amides is 2. The number of nitrogens with zero attached hydrogens (tertiary/aromatic N) is 1. The number of imide groups is 1. The highest BCUT2D eigenvalue weighted by molar-refractivity contribution is 6.53. The van der Waals surface area contributed by atoms with E-state index in [1.165, 1.54) is 18.2 Å². The molecule has 1 aliphatic rings. The van der Waals surface area contributed by atoms with E-state index in [4.69, 9.17) is 23.2 Å². The summed E-state index contributed by atoms with van der Waals surface area (Å²) in [5, 5.41) is 2.71. The Balaban J connectivity index is 1.99. The summed E-state index contributed by atoms with van der Waals surface area (Å²) in [4.78, 5) is 26.0. The summed E-state index contributed by atoms with van der Waals surface area (Å²) >= 11 is 12.1. The van der Waals surface area contributed by atoms with Gasteiger partial charge in [-0.15, -0.1) is 0 Å². The summed E-state index contributed by atoms with van der Waals surface area (Å²) in [5.74, 6) is -1.92. The van der Waals surface area contributed by atoms with Crippen LogP contribution in [0, 0.1) is 12.7 Å². The number of carbonyl (C=O) groups is 2. The molecule has 2 aromatic rings. The third-order valence-electron chi connectivity index (χ3n) is 3.64. The summed E-state index contributed by atoms with van der Waals surface area (Å²) in [7, 11) is 0. The molecule has 7 heteroatoms. The van der Waals surface area contributed by atoms with Gasteiger partial charge in [0.05, 0.1) is 11.4 Å². The second-order valence-electron chi connectivity index (χ2n) is 5.12. The molecule has 1 heterocycles. The van der Waals surface area contributed by atoms with Crippen LogP contribution in [0.15, 0.2) is 53.2 Å². The van der Waals surface area contributed by atoms with Crippen LogP contribution in [0.1, 0.15) is 5.56 Å². The zero-order valence-corrected chi connectivity index (χ0v) is 14.0. The Hall–Kier alpha value is -2.37. The Bertz CT molecular complexity index is 896. The minimum Gasteiger partial charge on any atom is -0.347 e. The molecule has 0 saturated heterocycles. The number of carbonyl (C=O) groups excluding carboxylic acids is 2. The van der Waals surface area contributed by atoms with Gasteiger partial charge in [0.15, 0.2) is 0 Å². The van der Waals surface area contributed by atoms with Crippen molar-refractivity contribution in [3.63, 3.8) is 0 Å². The molecule has 2 amide bonds. The Labute approximate surface area is 147 Å². The van der Waals surface area contributed by atoms with Crippen molar-refractivity contribution < 1.29 is 14.0 Å². The van der Waals surface area contributed by atoms with Crippen LogP contribution in [0.5, 0.6) is 0 Å². The lowest BCUT2D eigenvalue weighted by molar-refractivity contribution is -0.120. The molecular formula is C17H11Cl2FN2O2. The molecule has 0 saturated carbocycles. The first-order valence-corrected chi connectivity index (χ1v) is 7.72.